The molecule has 0 atom stereocenters. The Bertz CT molecular complexity index is 1030. The molecule has 1 saturated heterocycles. The molecule has 0 bridgehead atoms. The maximum atomic E-state index is 13.9. The Morgan fingerprint density at radius 1 is 1.03 bits per heavy atom. The highest BCUT2D eigenvalue weighted by Gasteiger charge is 2.34. The summed E-state index contributed by atoms with van der Waals surface area (Å²) < 4.78 is 30.9. The highest BCUT2D eigenvalue weighted by Crippen LogP contribution is 2.35. The molecule has 2 aromatic rings. The topological polar surface area (TPSA) is 88.6 Å². The molecule has 1 aliphatic carbocycles. The van der Waals surface area contributed by atoms with E-state index in [1.165, 1.54) is 16.8 Å². The molecule has 0 unspecified atom stereocenters. The molecule has 2 fully saturated rings. The van der Waals surface area contributed by atoms with Crippen LogP contribution in [0.3, 0.4) is 0 Å². The van der Waals surface area contributed by atoms with Crippen LogP contribution in [0, 0.1) is 0 Å². The van der Waals surface area contributed by atoms with Gasteiger partial charge < -0.3 is 15.2 Å². The van der Waals surface area contributed by atoms with Gasteiger partial charge in [-0.15, -0.1) is 0 Å². The fraction of sp³-hybridized carbons (Fsp3) is 0.522. The van der Waals surface area contributed by atoms with Crippen LogP contribution in [0.5, 0.6) is 0 Å². The van der Waals surface area contributed by atoms with Gasteiger partial charge in [-0.2, -0.15) is 0 Å². The van der Waals surface area contributed by atoms with E-state index in [0.717, 1.165) is 70.1 Å². The molecule has 2 N–H and O–H groups in total. The van der Waals surface area contributed by atoms with E-state index in [9.17, 15) is 13.2 Å². The summed E-state index contributed by atoms with van der Waals surface area (Å²) in [4.78, 5) is 14.2. The first-order valence-corrected chi connectivity index (χ1v) is 12.7. The zero-order valence-corrected chi connectivity index (χ0v) is 19.0. The summed E-state index contributed by atoms with van der Waals surface area (Å²) in [6.07, 6.45) is 9.79. The first-order chi connectivity index (χ1) is 14.9. The number of anilines is 2. The third-order valence-corrected chi connectivity index (χ3v) is 8.35. The highest BCUT2D eigenvalue weighted by molar-refractivity contribution is 7.92. The number of aromatic nitrogens is 1. The lowest BCUT2D eigenvalue weighted by molar-refractivity contribution is 0.0992. The molecule has 8 heteroatoms. The first-order valence-electron chi connectivity index (χ1n) is 11.2. The third-order valence-electron chi connectivity index (χ3n) is 6.50. The van der Waals surface area contributed by atoms with Crippen molar-refractivity contribution in [2.24, 2.45) is 12.8 Å². The third kappa shape index (κ3) is 4.44. The fourth-order valence-corrected chi connectivity index (χ4v) is 6.65. The quantitative estimate of drug-likeness (QED) is 0.689. The van der Waals surface area contributed by atoms with Gasteiger partial charge in [0.15, 0.2) is 0 Å². The van der Waals surface area contributed by atoms with Gasteiger partial charge in [-0.05, 0) is 49.9 Å². The Balaban J connectivity index is 1.78. The van der Waals surface area contributed by atoms with Crippen molar-refractivity contribution in [3.63, 3.8) is 0 Å². The fourth-order valence-electron chi connectivity index (χ4n) is 4.87. The number of carbonyl (C=O) groups is 1. The van der Waals surface area contributed by atoms with E-state index in [2.05, 4.69) is 11.0 Å². The zero-order chi connectivity index (χ0) is 22.0. The Morgan fingerprint density at radius 3 is 2.32 bits per heavy atom. The van der Waals surface area contributed by atoms with Gasteiger partial charge in [0.1, 0.15) is 10.6 Å². The van der Waals surface area contributed by atoms with E-state index in [1.807, 2.05) is 18.2 Å². The molecular weight excluding hydrogens is 412 g/mol. The van der Waals surface area contributed by atoms with Crippen molar-refractivity contribution >= 4 is 27.3 Å². The molecule has 1 aliphatic heterocycles. The standard InChI is InChI=1S/C23H32N4O3S/c1-25-17-21(16-22(25)23(24)28)31(29,30)27(18-9-4-2-3-5-10-18)20-12-8-11-19(15-20)26-13-6-7-14-26/h8,11-12,15-18H,2-7,9-10,13-14H2,1H3,(H2,24,28). The van der Waals surface area contributed by atoms with E-state index in [1.54, 1.807) is 11.4 Å². The number of carbonyl (C=O) groups excluding carboxylic acids is 1. The number of nitrogens with two attached hydrogens (primary N) is 1. The van der Waals surface area contributed by atoms with Crippen molar-refractivity contribution < 1.29 is 13.2 Å². The van der Waals surface area contributed by atoms with Gasteiger partial charge in [0, 0.05) is 38.1 Å². The molecule has 1 aromatic carbocycles. The number of hydrogen-bond acceptors (Lipinski definition) is 4. The zero-order valence-electron chi connectivity index (χ0n) is 18.2. The highest BCUT2D eigenvalue weighted by atomic mass is 32.2. The summed E-state index contributed by atoms with van der Waals surface area (Å²) in [7, 11) is -2.22. The Kier molecular flexibility index (Phi) is 6.27. The molecular formula is C23H32N4O3S. The lowest BCUT2D eigenvalue weighted by Crippen LogP contribution is -2.40. The molecule has 0 radical (unpaired) electrons. The molecule has 0 spiro atoms. The van der Waals surface area contributed by atoms with Crippen LogP contribution in [0.15, 0.2) is 41.4 Å². The van der Waals surface area contributed by atoms with Crippen LogP contribution < -0.4 is 14.9 Å². The van der Waals surface area contributed by atoms with E-state index < -0.39 is 15.9 Å². The van der Waals surface area contributed by atoms with Crippen LogP contribution in [-0.2, 0) is 17.1 Å². The first kappa shape index (κ1) is 21.7. The second-order valence-electron chi connectivity index (χ2n) is 8.70. The van der Waals surface area contributed by atoms with Crippen molar-refractivity contribution in [2.75, 3.05) is 22.3 Å². The second kappa shape index (κ2) is 8.94. The summed E-state index contributed by atoms with van der Waals surface area (Å²) >= 11 is 0. The van der Waals surface area contributed by atoms with Crippen molar-refractivity contribution in [2.45, 2.75) is 62.3 Å². The SMILES string of the molecule is Cn1cc(S(=O)(=O)N(c2cccc(N3CCCC3)c2)C2CCCCCC2)cc1C(N)=O. The summed E-state index contributed by atoms with van der Waals surface area (Å²) in [6.45, 7) is 2.00. The molecule has 1 aromatic heterocycles. The van der Waals surface area contributed by atoms with E-state index in [-0.39, 0.29) is 16.6 Å². The summed E-state index contributed by atoms with van der Waals surface area (Å²) in [5.74, 6) is -0.638. The number of hydrogen-bond donors (Lipinski definition) is 1. The van der Waals surface area contributed by atoms with Gasteiger partial charge in [-0.1, -0.05) is 31.7 Å². The number of aryl methyl sites for hydroxylation is 1. The molecule has 7 nitrogen and oxygen atoms in total. The molecule has 1 saturated carbocycles. The van der Waals surface area contributed by atoms with Crippen LogP contribution in [0.2, 0.25) is 0 Å². The predicted molar refractivity (Wildman–Crippen MR) is 123 cm³/mol. The number of sulfonamides is 1. The van der Waals surface area contributed by atoms with E-state index in [4.69, 9.17) is 5.73 Å². The molecule has 1 amide bonds. The average molecular weight is 445 g/mol. The second-order valence-corrected chi connectivity index (χ2v) is 10.5. The lowest BCUT2D eigenvalue weighted by Gasteiger charge is -2.33. The van der Waals surface area contributed by atoms with Crippen LogP contribution in [0.4, 0.5) is 11.4 Å². The largest absolute Gasteiger partial charge is 0.371 e. The van der Waals surface area contributed by atoms with Crippen LogP contribution in [0.1, 0.15) is 61.9 Å². The molecule has 2 aliphatic rings. The average Bonchev–Trinajstić information content (AvgIpc) is 3.34. The molecule has 4 rings (SSSR count). The smallest absolute Gasteiger partial charge is 0.266 e. The molecule has 2 heterocycles. The minimum atomic E-state index is -3.86. The number of rotatable bonds is 6. The van der Waals surface area contributed by atoms with Crippen molar-refractivity contribution in [3.05, 3.63) is 42.2 Å². The van der Waals surface area contributed by atoms with E-state index in [0.29, 0.717) is 5.69 Å². The van der Waals surface area contributed by atoms with Crippen LogP contribution in [0.25, 0.3) is 0 Å². The Morgan fingerprint density at radius 2 is 1.71 bits per heavy atom. The predicted octanol–water partition coefficient (Wildman–Crippen LogP) is 3.64. The maximum Gasteiger partial charge on any atom is 0.266 e. The normalized spacial score (nSPS) is 18.2. The van der Waals surface area contributed by atoms with E-state index >= 15 is 0 Å². The van der Waals surface area contributed by atoms with Crippen molar-refractivity contribution in [3.8, 4) is 0 Å². The maximum absolute atomic E-state index is 13.9. The van der Waals surface area contributed by atoms with Crippen molar-refractivity contribution in [1.29, 1.82) is 0 Å². The Hall–Kier alpha value is -2.48. The Labute approximate surface area is 184 Å². The molecule has 168 valence electrons. The van der Waals surface area contributed by atoms with Crippen molar-refractivity contribution in [1.82, 2.24) is 4.57 Å². The number of amides is 1. The van der Waals surface area contributed by atoms with Gasteiger partial charge in [-0.25, -0.2) is 8.42 Å². The molecule has 31 heavy (non-hydrogen) atoms. The number of primary amides is 1. The summed E-state index contributed by atoms with van der Waals surface area (Å²) in [5.41, 5.74) is 7.38. The van der Waals surface area contributed by atoms with Gasteiger partial charge in [0.05, 0.1) is 5.69 Å². The number of nitrogens with zero attached hydrogens (tertiary/aromatic N) is 3. The van der Waals surface area contributed by atoms with Gasteiger partial charge >= 0.3 is 0 Å². The number of benzene rings is 1. The minimum Gasteiger partial charge on any atom is -0.371 e. The van der Waals surface area contributed by atoms with Gasteiger partial charge in [-0.3, -0.25) is 9.10 Å². The summed E-state index contributed by atoms with van der Waals surface area (Å²) in [6, 6.07) is 9.19. The van der Waals surface area contributed by atoms with Crippen LogP contribution >= 0.6 is 0 Å². The van der Waals surface area contributed by atoms with Gasteiger partial charge in [0.25, 0.3) is 15.9 Å². The lowest BCUT2D eigenvalue weighted by atomic mass is 10.1. The van der Waals surface area contributed by atoms with Crippen LogP contribution in [-0.4, -0.2) is 38.0 Å². The monoisotopic (exact) mass is 444 g/mol. The minimum absolute atomic E-state index is 0.0986. The van der Waals surface area contributed by atoms with Gasteiger partial charge in [0.2, 0.25) is 0 Å². The summed E-state index contributed by atoms with van der Waals surface area (Å²) in [5, 5.41) is 0.